The lowest BCUT2D eigenvalue weighted by Crippen LogP contribution is -2.15. The molecule has 1 amide bonds. The largest absolute Gasteiger partial charge is 0.496 e. The number of carbonyl (C=O) groups excluding carboxylic acids is 1. The molecule has 136 valence electrons. The zero-order valence-corrected chi connectivity index (χ0v) is 15.0. The number of hydrogen-bond donors (Lipinski definition) is 2. The van der Waals surface area contributed by atoms with Gasteiger partial charge in [0.25, 0.3) is 0 Å². The number of hydrogen-bond acceptors (Lipinski definition) is 6. The van der Waals surface area contributed by atoms with Gasteiger partial charge in [0, 0.05) is 17.0 Å². The van der Waals surface area contributed by atoms with Crippen molar-refractivity contribution < 1.29 is 13.9 Å². The maximum absolute atomic E-state index is 13.0. The molecule has 7 nitrogen and oxygen atoms in total. The van der Waals surface area contributed by atoms with Crippen LogP contribution >= 0.6 is 11.3 Å². The zero-order chi connectivity index (χ0) is 18.5. The van der Waals surface area contributed by atoms with Gasteiger partial charge in [0.15, 0.2) is 5.65 Å². The van der Waals surface area contributed by atoms with Crippen LogP contribution < -0.4 is 10.1 Å². The summed E-state index contributed by atoms with van der Waals surface area (Å²) in [6.07, 6.45) is -0.764. The van der Waals surface area contributed by atoms with Crippen molar-refractivity contribution in [2.75, 3.05) is 12.4 Å². The highest BCUT2D eigenvalue weighted by Crippen LogP contribution is 2.38. The highest BCUT2D eigenvalue weighted by atomic mass is 32.1. The number of methoxy groups -OCH3 is 1. The maximum atomic E-state index is 13.0. The summed E-state index contributed by atoms with van der Waals surface area (Å²) in [7, 11) is 1.61. The fraction of sp³-hybridized carbons (Fsp3) is 0.222. The SMILES string of the molecule is COc1cc2ncsc2cc1-c1[nH]nc2nc(NC(=O)C3CC3F)ccc12. The Kier molecular flexibility index (Phi) is 3.57. The Bertz CT molecular complexity index is 1190. The van der Waals surface area contributed by atoms with Crippen LogP contribution in [0.1, 0.15) is 6.42 Å². The van der Waals surface area contributed by atoms with Gasteiger partial charge < -0.3 is 10.1 Å². The number of fused-ring (bicyclic) bond motifs is 2. The summed E-state index contributed by atoms with van der Waals surface area (Å²) in [5.74, 6) is 0.128. The molecule has 0 radical (unpaired) electrons. The fourth-order valence-corrected chi connectivity index (χ4v) is 3.77. The van der Waals surface area contributed by atoms with Gasteiger partial charge in [-0.15, -0.1) is 11.3 Å². The lowest BCUT2D eigenvalue weighted by Gasteiger charge is -2.07. The number of thiazole rings is 1. The minimum Gasteiger partial charge on any atom is -0.496 e. The molecule has 2 N–H and O–H groups in total. The van der Waals surface area contributed by atoms with Crippen LogP contribution in [0.15, 0.2) is 29.8 Å². The quantitative estimate of drug-likeness (QED) is 0.562. The second-order valence-corrected chi connectivity index (χ2v) is 7.27. The van der Waals surface area contributed by atoms with Crippen molar-refractivity contribution in [3.63, 3.8) is 0 Å². The molecular formula is C18H14FN5O2S. The topological polar surface area (TPSA) is 92.8 Å². The van der Waals surface area contributed by atoms with Gasteiger partial charge >= 0.3 is 0 Å². The maximum Gasteiger partial charge on any atom is 0.231 e. The van der Waals surface area contributed by atoms with Crippen LogP contribution in [0.4, 0.5) is 10.2 Å². The van der Waals surface area contributed by atoms with Crippen LogP contribution in [0.2, 0.25) is 0 Å². The van der Waals surface area contributed by atoms with Crippen molar-refractivity contribution in [2.24, 2.45) is 5.92 Å². The number of anilines is 1. The summed E-state index contributed by atoms with van der Waals surface area (Å²) >= 11 is 1.55. The summed E-state index contributed by atoms with van der Waals surface area (Å²) in [5, 5.41) is 10.7. The number of pyridine rings is 1. The number of H-pyrrole nitrogens is 1. The Morgan fingerprint density at radius 1 is 1.41 bits per heavy atom. The molecule has 0 bridgehead atoms. The summed E-state index contributed by atoms with van der Waals surface area (Å²) < 4.78 is 19.6. The highest BCUT2D eigenvalue weighted by Gasteiger charge is 2.43. The van der Waals surface area contributed by atoms with Gasteiger partial charge in [-0.25, -0.2) is 14.4 Å². The molecule has 0 aliphatic heterocycles. The zero-order valence-electron chi connectivity index (χ0n) is 14.2. The number of alkyl halides is 1. The lowest BCUT2D eigenvalue weighted by atomic mass is 10.1. The smallest absolute Gasteiger partial charge is 0.231 e. The molecule has 0 spiro atoms. The van der Waals surface area contributed by atoms with E-state index in [1.807, 2.05) is 18.2 Å². The van der Waals surface area contributed by atoms with Crippen molar-refractivity contribution in [2.45, 2.75) is 12.6 Å². The van der Waals surface area contributed by atoms with E-state index in [1.165, 1.54) is 0 Å². The number of aromatic nitrogens is 4. The van der Waals surface area contributed by atoms with Crippen LogP contribution in [0.5, 0.6) is 5.75 Å². The summed E-state index contributed by atoms with van der Waals surface area (Å²) in [6.45, 7) is 0. The van der Waals surface area contributed by atoms with Crippen LogP contribution in [0.3, 0.4) is 0 Å². The minimum atomic E-state index is -1.04. The molecule has 4 aromatic rings. The van der Waals surface area contributed by atoms with E-state index in [0.29, 0.717) is 17.2 Å². The van der Waals surface area contributed by atoms with E-state index in [1.54, 1.807) is 30.0 Å². The summed E-state index contributed by atoms with van der Waals surface area (Å²) in [5.41, 5.74) is 4.75. The second kappa shape index (κ2) is 5.98. The Balaban J connectivity index is 1.54. The summed E-state index contributed by atoms with van der Waals surface area (Å²) in [4.78, 5) is 20.6. The van der Waals surface area contributed by atoms with Gasteiger partial charge in [-0.05, 0) is 24.6 Å². The fourth-order valence-electron chi connectivity index (χ4n) is 3.08. The standard InChI is InChI=1S/C18H14FN5O2S/c1-26-13-6-12-14(27-7-20-12)5-10(13)16-8-2-3-15(21-17(8)24-23-16)22-18(25)9-4-11(9)19/h2-3,5-7,9,11H,4H2,1H3,(H2,21,22,23,24,25). The number of nitrogens with one attached hydrogen (secondary N) is 2. The molecule has 5 rings (SSSR count). The van der Waals surface area contributed by atoms with Crippen molar-refractivity contribution in [1.82, 2.24) is 20.2 Å². The number of amides is 1. The Labute approximate surface area is 156 Å². The third kappa shape index (κ3) is 2.71. The van der Waals surface area contributed by atoms with Crippen molar-refractivity contribution in [1.29, 1.82) is 0 Å². The first-order valence-corrected chi connectivity index (χ1v) is 9.23. The normalized spacial score (nSPS) is 18.7. The van der Waals surface area contributed by atoms with Crippen LogP contribution in [0.25, 0.3) is 32.5 Å². The molecule has 0 saturated heterocycles. The Morgan fingerprint density at radius 3 is 3.04 bits per heavy atom. The molecule has 1 aromatic carbocycles. The number of rotatable bonds is 4. The van der Waals surface area contributed by atoms with Gasteiger partial charge in [-0.2, -0.15) is 5.10 Å². The third-order valence-electron chi connectivity index (χ3n) is 4.64. The Morgan fingerprint density at radius 2 is 2.26 bits per heavy atom. The first-order valence-electron chi connectivity index (χ1n) is 8.35. The van der Waals surface area contributed by atoms with E-state index < -0.39 is 12.1 Å². The first-order chi connectivity index (χ1) is 13.1. The van der Waals surface area contributed by atoms with Gasteiger partial charge in [0.05, 0.1) is 34.4 Å². The first kappa shape index (κ1) is 16.1. The molecule has 2 atom stereocenters. The van der Waals surface area contributed by atoms with E-state index in [9.17, 15) is 9.18 Å². The number of aromatic amines is 1. The van der Waals surface area contributed by atoms with Crippen molar-refractivity contribution >= 4 is 44.3 Å². The predicted octanol–water partition coefficient (Wildman–Crippen LogP) is 3.54. The minimum absolute atomic E-state index is 0.278. The van der Waals surface area contributed by atoms with Crippen LogP contribution in [-0.2, 0) is 4.79 Å². The van der Waals surface area contributed by atoms with Crippen molar-refractivity contribution in [3.05, 3.63) is 29.8 Å². The number of carbonyl (C=O) groups is 1. The van der Waals surface area contributed by atoms with Gasteiger partial charge in [-0.3, -0.25) is 9.89 Å². The molecule has 1 aliphatic rings. The van der Waals surface area contributed by atoms with Crippen LogP contribution in [-0.4, -0.2) is 39.4 Å². The lowest BCUT2D eigenvalue weighted by molar-refractivity contribution is -0.117. The van der Waals surface area contributed by atoms with Crippen LogP contribution in [0, 0.1) is 5.92 Å². The third-order valence-corrected chi connectivity index (χ3v) is 5.43. The molecule has 3 aromatic heterocycles. The predicted molar refractivity (Wildman–Crippen MR) is 101 cm³/mol. The van der Waals surface area contributed by atoms with E-state index in [2.05, 4.69) is 25.5 Å². The van der Waals surface area contributed by atoms with Gasteiger partial charge in [0.2, 0.25) is 5.91 Å². The molecule has 3 heterocycles. The number of nitrogens with zero attached hydrogens (tertiary/aromatic N) is 3. The monoisotopic (exact) mass is 383 g/mol. The van der Waals surface area contributed by atoms with Crippen molar-refractivity contribution in [3.8, 4) is 17.0 Å². The van der Waals surface area contributed by atoms with Gasteiger partial charge in [-0.1, -0.05) is 0 Å². The molecule has 2 unspecified atom stereocenters. The number of halogens is 1. The molecule has 1 fully saturated rings. The molecular weight excluding hydrogens is 369 g/mol. The van der Waals surface area contributed by atoms with E-state index >= 15 is 0 Å². The number of ether oxygens (including phenoxy) is 1. The summed E-state index contributed by atoms with van der Waals surface area (Å²) in [6, 6.07) is 7.40. The van der Waals surface area contributed by atoms with E-state index in [-0.39, 0.29) is 12.3 Å². The average molecular weight is 383 g/mol. The second-order valence-electron chi connectivity index (χ2n) is 6.39. The molecule has 9 heteroatoms. The number of benzene rings is 1. The molecule has 27 heavy (non-hydrogen) atoms. The highest BCUT2D eigenvalue weighted by molar-refractivity contribution is 7.16. The Hall–Kier alpha value is -3.07. The van der Waals surface area contributed by atoms with E-state index in [4.69, 9.17) is 4.74 Å². The van der Waals surface area contributed by atoms with E-state index in [0.717, 1.165) is 26.9 Å². The van der Waals surface area contributed by atoms with Gasteiger partial charge in [0.1, 0.15) is 17.7 Å². The molecule has 1 aliphatic carbocycles. The molecule has 1 saturated carbocycles. The average Bonchev–Trinajstić information content (AvgIpc) is 3.07.